The number of nitrogen functional groups attached to an aromatic ring is 1. The van der Waals surface area contributed by atoms with Crippen LogP contribution in [0.2, 0.25) is 0 Å². The number of hydrogen-bond donors (Lipinski definition) is 1. The second-order valence-electron chi connectivity index (χ2n) is 3.84. The van der Waals surface area contributed by atoms with E-state index in [1.165, 1.54) is 0 Å². The van der Waals surface area contributed by atoms with Gasteiger partial charge in [-0.25, -0.2) is 0 Å². The molecular weight excluding hydrogens is 216 g/mol. The molecule has 4 heteroatoms. The smallest absolute Gasteiger partial charge is 0.263 e. The Balaban J connectivity index is 2.62. The van der Waals surface area contributed by atoms with Gasteiger partial charge in [0, 0.05) is 18.8 Å². The average molecular weight is 236 g/mol. The van der Waals surface area contributed by atoms with Crippen LogP contribution in [-0.4, -0.2) is 30.0 Å². The monoisotopic (exact) mass is 236 g/mol. The number of nitrogens with zero attached hydrogens (tertiary/aromatic N) is 1. The first-order chi connectivity index (χ1) is 8.08. The van der Waals surface area contributed by atoms with Crippen molar-refractivity contribution in [1.82, 2.24) is 4.90 Å². The van der Waals surface area contributed by atoms with Gasteiger partial charge in [0.1, 0.15) is 5.75 Å². The maximum absolute atomic E-state index is 12.0. The van der Waals surface area contributed by atoms with Crippen molar-refractivity contribution in [2.24, 2.45) is 0 Å². The van der Waals surface area contributed by atoms with Gasteiger partial charge in [0.15, 0.2) is 6.10 Å². The van der Waals surface area contributed by atoms with Crippen molar-refractivity contribution < 1.29 is 9.53 Å². The van der Waals surface area contributed by atoms with Gasteiger partial charge in [0.2, 0.25) is 0 Å². The zero-order valence-corrected chi connectivity index (χ0v) is 10.6. The summed E-state index contributed by atoms with van der Waals surface area (Å²) in [5, 5.41) is 0. The SMILES string of the molecule is CCN(CC)C(=O)C(C)Oc1ccc(N)cc1. The van der Waals surface area contributed by atoms with E-state index in [4.69, 9.17) is 10.5 Å². The minimum atomic E-state index is -0.474. The molecular formula is C13H20N2O2. The normalized spacial score (nSPS) is 11.9. The van der Waals surface area contributed by atoms with Crippen LogP contribution in [-0.2, 0) is 4.79 Å². The molecule has 1 unspecified atom stereocenters. The summed E-state index contributed by atoms with van der Waals surface area (Å²) < 4.78 is 5.57. The second-order valence-corrected chi connectivity index (χ2v) is 3.84. The molecule has 1 aromatic rings. The lowest BCUT2D eigenvalue weighted by atomic mass is 10.3. The molecule has 0 saturated carbocycles. The van der Waals surface area contributed by atoms with Crippen LogP contribution in [0.25, 0.3) is 0 Å². The van der Waals surface area contributed by atoms with Crippen LogP contribution in [0.1, 0.15) is 20.8 Å². The van der Waals surface area contributed by atoms with Gasteiger partial charge < -0.3 is 15.4 Å². The lowest BCUT2D eigenvalue weighted by Crippen LogP contribution is -2.40. The Bertz CT molecular complexity index is 358. The molecule has 1 rings (SSSR count). The fourth-order valence-corrected chi connectivity index (χ4v) is 1.59. The maximum Gasteiger partial charge on any atom is 0.263 e. The molecule has 0 aromatic heterocycles. The predicted octanol–water partition coefficient (Wildman–Crippen LogP) is 1.90. The highest BCUT2D eigenvalue weighted by Crippen LogP contribution is 2.15. The molecule has 17 heavy (non-hydrogen) atoms. The van der Waals surface area contributed by atoms with Crippen molar-refractivity contribution in [3.63, 3.8) is 0 Å². The lowest BCUT2D eigenvalue weighted by Gasteiger charge is -2.23. The Morgan fingerprint density at radius 3 is 2.29 bits per heavy atom. The molecule has 0 radical (unpaired) electrons. The average Bonchev–Trinajstić information content (AvgIpc) is 2.33. The number of rotatable bonds is 5. The number of likely N-dealkylation sites (N-methyl/N-ethyl adjacent to an activating group) is 1. The number of hydrogen-bond acceptors (Lipinski definition) is 3. The van der Waals surface area contributed by atoms with Crippen LogP contribution in [0.5, 0.6) is 5.75 Å². The Morgan fingerprint density at radius 2 is 1.82 bits per heavy atom. The summed E-state index contributed by atoms with van der Waals surface area (Å²) in [5.74, 6) is 0.666. The van der Waals surface area contributed by atoms with Crippen LogP contribution < -0.4 is 10.5 Å². The fourth-order valence-electron chi connectivity index (χ4n) is 1.59. The zero-order chi connectivity index (χ0) is 12.8. The number of anilines is 1. The quantitative estimate of drug-likeness (QED) is 0.794. The number of amides is 1. The Hall–Kier alpha value is -1.71. The van der Waals surface area contributed by atoms with Crippen molar-refractivity contribution in [2.45, 2.75) is 26.9 Å². The molecule has 0 bridgehead atoms. The van der Waals surface area contributed by atoms with Gasteiger partial charge in [-0.1, -0.05) is 0 Å². The largest absolute Gasteiger partial charge is 0.481 e. The summed E-state index contributed by atoms with van der Waals surface area (Å²) in [6, 6.07) is 7.04. The van der Waals surface area contributed by atoms with Crippen molar-refractivity contribution in [3.05, 3.63) is 24.3 Å². The van der Waals surface area contributed by atoms with Crippen LogP contribution in [0, 0.1) is 0 Å². The summed E-state index contributed by atoms with van der Waals surface area (Å²) in [6.07, 6.45) is -0.474. The summed E-state index contributed by atoms with van der Waals surface area (Å²) in [6.45, 7) is 7.07. The number of carbonyl (C=O) groups is 1. The van der Waals surface area contributed by atoms with Crippen LogP contribution in [0.4, 0.5) is 5.69 Å². The van der Waals surface area contributed by atoms with Gasteiger partial charge in [-0.3, -0.25) is 4.79 Å². The minimum absolute atomic E-state index is 0.00632. The number of ether oxygens (including phenoxy) is 1. The highest BCUT2D eigenvalue weighted by Gasteiger charge is 2.19. The summed E-state index contributed by atoms with van der Waals surface area (Å²) >= 11 is 0. The minimum Gasteiger partial charge on any atom is -0.481 e. The lowest BCUT2D eigenvalue weighted by molar-refractivity contribution is -0.137. The van der Waals surface area contributed by atoms with E-state index in [1.54, 1.807) is 36.1 Å². The van der Waals surface area contributed by atoms with Crippen LogP contribution >= 0.6 is 0 Å². The van der Waals surface area contributed by atoms with Crippen LogP contribution in [0.3, 0.4) is 0 Å². The van der Waals surface area contributed by atoms with Crippen molar-refractivity contribution in [1.29, 1.82) is 0 Å². The number of carbonyl (C=O) groups excluding carboxylic acids is 1. The Labute approximate surface area is 102 Å². The number of benzene rings is 1. The van der Waals surface area contributed by atoms with Gasteiger partial charge in [-0.05, 0) is 45.0 Å². The van der Waals surface area contributed by atoms with Crippen molar-refractivity contribution in [3.8, 4) is 5.75 Å². The van der Waals surface area contributed by atoms with E-state index in [9.17, 15) is 4.79 Å². The van der Waals surface area contributed by atoms with Gasteiger partial charge in [0.25, 0.3) is 5.91 Å². The molecule has 1 amide bonds. The molecule has 0 aliphatic carbocycles. The first kappa shape index (κ1) is 13.4. The van der Waals surface area contributed by atoms with E-state index in [2.05, 4.69) is 0 Å². The molecule has 0 fully saturated rings. The van der Waals surface area contributed by atoms with Gasteiger partial charge in [-0.15, -0.1) is 0 Å². The Morgan fingerprint density at radius 1 is 1.29 bits per heavy atom. The van der Waals surface area contributed by atoms with E-state index in [0.717, 1.165) is 0 Å². The molecule has 1 aromatic carbocycles. The molecule has 0 heterocycles. The third-order valence-corrected chi connectivity index (χ3v) is 2.62. The second kappa shape index (κ2) is 6.13. The molecule has 1 atom stereocenters. The van der Waals surface area contributed by atoms with Gasteiger partial charge in [-0.2, -0.15) is 0 Å². The predicted molar refractivity (Wildman–Crippen MR) is 68.9 cm³/mol. The van der Waals surface area contributed by atoms with E-state index >= 15 is 0 Å². The standard InChI is InChI=1S/C13H20N2O2/c1-4-15(5-2)13(16)10(3)17-12-8-6-11(14)7-9-12/h6-10H,4-5,14H2,1-3H3. The van der Waals surface area contributed by atoms with Crippen molar-refractivity contribution >= 4 is 11.6 Å². The topological polar surface area (TPSA) is 55.6 Å². The highest BCUT2D eigenvalue weighted by atomic mass is 16.5. The first-order valence-electron chi connectivity index (χ1n) is 5.89. The van der Waals surface area contributed by atoms with E-state index in [-0.39, 0.29) is 5.91 Å². The highest BCUT2D eigenvalue weighted by molar-refractivity contribution is 5.80. The summed E-state index contributed by atoms with van der Waals surface area (Å²) in [5.41, 5.74) is 6.26. The van der Waals surface area contributed by atoms with Crippen molar-refractivity contribution in [2.75, 3.05) is 18.8 Å². The first-order valence-corrected chi connectivity index (χ1v) is 5.89. The molecule has 94 valence electrons. The zero-order valence-electron chi connectivity index (χ0n) is 10.6. The molecule has 2 N–H and O–H groups in total. The molecule has 0 spiro atoms. The third-order valence-electron chi connectivity index (χ3n) is 2.62. The van der Waals surface area contributed by atoms with Gasteiger partial charge in [0.05, 0.1) is 0 Å². The molecule has 0 saturated heterocycles. The summed E-state index contributed by atoms with van der Waals surface area (Å²) in [7, 11) is 0. The van der Waals surface area contributed by atoms with Gasteiger partial charge >= 0.3 is 0 Å². The maximum atomic E-state index is 12.0. The summed E-state index contributed by atoms with van der Waals surface area (Å²) in [4.78, 5) is 13.7. The van der Waals surface area contributed by atoms with Crippen LogP contribution in [0.15, 0.2) is 24.3 Å². The fraction of sp³-hybridized carbons (Fsp3) is 0.462. The molecule has 0 aliphatic heterocycles. The Kier molecular flexibility index (Phi) is 4.82. The molecule has 0 aliphatic rings. The van der Waals surface area contributed by atoms with E-state index < -0.39 is 6.10 Å². The number of nitrogens with two attached hydrogens (primary N) is 1. The van der Waals surface area contributed by atoms with E-state index in [1.807, 2.05) is 13.8 Å². The van der Waals surface area contributed by atoms with E-state index in [0.29, 0.717) is 24.5 Å². The third kappa shape index (κ3) is 3.66. The molecule has 4 nitrogen and oxygen atoms in total.